The Morgan fingerprint density at radius 1 is 1.21 bits per heavy atom. The van der Waals surface area contributed by atoms with Gasteiger partial charge in [-0.2, -0.15) is 0 Å². The van der Waals surface area contributed by atoms with Gasteiger partial charge in [-0.15, -0.1) is 0 Å². The molecular formula is C11H12Cl2O. The molecule has 0 spiro atoms. The van der Waals surface area contributed by atoms with Crippen molar-refractivity contribution in [2.45, 2.75) is 18.8 Å². The summed E-state index contributed by atoms with van der Waals surface area (Å²) in [5.41, 5.74) is 1.24. The predicted octanol–water partition coefficient (Wildman–Crippen LogP) is 3.89. The Balaban J connectivity index is 2.18. The van der Waals surface area contributed by atoms with E-state index in [2.05, 4.69) is 0 Å². The molecule has 0 amide bonds. The highest BCUT2D eigenvalue weighted by Gasteiger charge is 2.16. The Kier molecular flexibility index (Phi) is 3.32. The van der Waals surface area contributed by atoms with Crippen LogP contribution in [-0.2, 0) is 4.74 Å². The van der Waals surface area contributed by atoms with Gasteiger partial charge in [-0.3, -0.25) is 0 Å². The fourth-order valence-corrected chi connectivity index (χ4v) is 2.08. The zero-order chi connectivity index (χ0) is 9.97. The zero-order valence-electron chi connectivity index (χ0n) is 7.80. The van der Waals surface area contributed by atoms with Crippen LogP contribution in [0.5, 0.6) is 0 Å². The Hall–Kier alpha value is -0.240. The van der Waals surface area contributed by atoms with Crippen molar-refractivity contribution >= 4 is 23.2 Å². The molecule has 0 aliphatic carbocycles. The minimum absolute atomic E-state index is 0.485. The molecule has 0 radical (unpaired) electrons. The highest BCUT2D eigenvalue weighted by molar-refractivity contribution is 6.42. The lowest BCUT2D eigenvalue weighted by atomic mass is 9.94. The van der Waals surface area contributed by atoms with E-state index < -0.39 is 0 Å². The second-order valence-electron chi connectivity index (χ2n) is 3.59. The summed E-state index contributed by atoms with van der Waals surface area (Å²) in [6, 6.07) is 5.84. The van der Waals surface area contributed by atoms with Gasteiger partial charge in [0.15, 0.2) is 0 Å². The van der Waals surface area contributed by atoms with Gasteiger partial charge in [-0.05, 0) is 30.5 Å². The van der Waals surface area contributed by atoms with Crippen LogP contribution in [-0.4, -0.2) is 13.2 Å². The molecule has 2 rings (SSSR count). The highest BCUT2D eigenvalue weighted by atomic mass is 35.5. The fourth-order valence-electron chi connectivity index (χ4n) is 1.77. The van der Waals surface area contributed by atoms with E-state index in [1.54, 1.807) is 0 Å². The largest absolute Gasteiger partial charge is 0.381 e. The van der Waals surface area contributed by atoms with Crippen LogP contribution in [0.4, 0.5) is 0 Å². The number of ether oxygens (including phenoxy) is 1. The van der Waals surface area contributed by atoms with Crippen molar-refractivity contribution in [3.63, 3.8) is 0 Å². The molecule has 1 heterocycles. The average molecular weight is 231 g/mol. The van der Waals surface area contributed by atoms with Crippen LogP contribution in [0, 0.1) is 0 Å². The van der Waals surface area contributed by atoms with Gasteiger partial charge in [0.2, 0.25) is 0 Å². The molecule has 0 aromatic heterocycles. The maximum absolute atomic E-state index is 5.96. The van der Waals surface area contributed by atoms with Gasteiger partial charge < -0.3 is 4.74 Å². The highest BCUT2D eigenvalue weighted by Crippen LogP contribution is 2.30. The van der Waals surface area contributed by atoms with E-state index >= 15 is 0 Å². The molecule has 1 atom stereocenters. The van der Waals surface area contributed by atoms with Crippen LogP contribution in [0.1, 0.15) is 24.3 Å². The smallest absolute Gasteiger partial charge is 0.0595 e. The van der Waals surface area contributed by atoms with E-state index in [0.717, 1.165) is 19.6 Å². The van der Waals surface area contributed by atoms with Gasteiger partial charge in [-0.25, -0.2) is 0 Å². The van der Waals surface area contributed by atoms with Crippen molar-refractivity contribution in [1.82, 2.24) is 0 Å². The van der Waals surface area contributed by atoms with Crippen molar-refractivity contribution < 1.29 is 4.74 Å². The second-order valence-corrected chi connectivity index (χ2v) is 4.40. The third kappa shape index (κ3) is 2.22. The summed E-state index contributed by atoms with van der Waals surface area (Å²) >= 11 is 11.8. The molecule has 0 N–H and O–H groups in total. The van der Waals surface area contributed by atoms with Crippen LogP contribution in [0.2, 0.25) is 10.0 Å². The minimum atomic E-state index is 0.485. The zero-order valence-corrected chi connectivity index (χ0v) is 9.31. The Morgan fingerprint density at radius 3 is 2.71 bits per heavy atom. The third-order valence-corrected chi connectivity index (χ3v) is 3.31. The number of halogens is 2. The quantitative estimate of drug-likeness (QED) is 0.712. The normalized spacial score (nSPS) is 22.3. The summed E-state index contributed by atoms with van der Waals surface area (Å²) < 4.78 is 5.43. The summed E-state index contributed by atoms with van der Waals surface area (Å²) in [4.78, 5) is 0. The second kappa shape index (κ2) is 4.52. The minimum Gasteiger partial charge on any atom is -0.381 e. The van der Waals surface area contributed by atoms with E-state index in [-0.39, 0.29) is 0 Å². The molecule has 1 saturated heterocycles. The third-order valence-electron chi connectivity index (χ3n) is 2.58. The number of hydrogen-bond donors (Lipinski definition) is 0. The van der Waals surface area contributed by atoms with Crippen molar-refractivity contribution in [2.75, 3.05) is 13.2 Å². The lowest BCUT2D eigenvalue weighted by Crippen LogP contribution is -2.15. The molecule has 1 fully saturated rings. The summed E-state index contributed by atoms with van der Waals surface area (Å²) in [5, 5.41) is 1.25. The number of hydrogen-bond acceptors (Lipinski definition) is 1. The van der Waals surface area contributed by atoms with E-state index in [1.165, 1.54) is 12.0 Å². The van der Waals surface area contributed by atoms with Crippen molar-refractivity contribution in [3.05, 3.63) is 33.8 Å². The Morgan fingerprint density at radius 2 is 2.07 bits per heavy atom. The summed E-state index contributed by atoms with van der Waals surface area (Å²) in [7, 11) is 0. The molecule has 14 heavy (non-hydrogen) atoms. The molecule has 0 saturated carbocycles. The predicted molar refractivity (Wildman–Crippen MR) is 59.3 cm³/mol. The molecule has 0 unspecified atom stereocenters. The lowest BCUT2D eigenvalue weighted by molar-refractivity contribution is 0.0804. The van der Waals surface area contributed by atoms with Gasteiger partial charge in [0.25, 0.3) is 0 Å². The average Bonchev–Trinajstić information content (AvgIpc) is 2.23. The summed E-state index contributed by atoms with van der Waals surface area (Å²) in [6.07, 6.45) is 2.31. The maximum atomic E-state index is 5.96. The first-order valence-electron chi connectivity index (χ1n) is 4.80. The molecule has 1 aliphatic rings. The van der Waals surface area contributed by atoms with E-state index in [4.69, 9.17) is 27.9 Å². The molecular weight excluding hydrogens is 219 g/mol. The van der Waals surface area contributed by atoms with Crippen LogP contribution in [0.15, 0.2) is 18.2 Å². The molecule has 1 aromatic carbocycles. The first-order valence-corrected chi connectivity index (χ1v) is 5.55. The molecule has 76 valence electrons. The molecule has 1 nitrogen and oxygen atoms in total. The fraction of sp³-hybridized carbons (Fsp3) is 0.455. The summed E-state index contributed by atoms with van der Waals surface area (Å²) in [5.74, 6) is 0.485. The number of benzene rings is 1. The SMILES string of the molecule is Clc1ccc([C@H]2CCCOC2)cc1Cl. The van der Waals surface area contributed by atoms with Gasteiger partial charge in [0, 0.05) is 12.5 Å². The standard InChI is InChI=1S/C11H12Cl2O/c12-10-4-3-8(6-11(10)13)9-2-1-5-14-7-9/h3-4,6,9H,1-2,5,7H2/t9-/m0/s1. The first-order chi connectivity index (χ1) is 6.77. The van der Waals surface area contributed by atoms with Gasteiger partial charge >= 0.3 is 0 Å². The first kappa shape index (κ1) is 10.3. The van der Waals surface area contributed by atoms with Crippen molar-refractivity contribution in [1.29, 1.82) is 0 Å². The molecule has 1 aliphatic heterocycles. The Bertz CT molecular complexity index is 319. The molecule has 1 aromatic rings. The monoisotopic (exact) mass is 230 g/mol. The topological polar surface area (TPSA) is 9.23 Å². The maximum Gasteiger partial charge on any atom is 0.0595 e. The van der Waals surface area contributed by atoms with E-state index in [1.807, 2.05) is 18.2 Å². The van der Waals surface area contributed by atoms with Crippen LogP contribution in [0.3, 0.4) is 0 Å². The Labute approximate surface area is 94.0 Å². The summed E-state index contributed by atoms with van der Waals surface area (Å²) in [6.45, 7) is 1.69. The van der Waals surface area contributed by atoms with E-state index in [9.17, 15) is 0 Å². The molecule has 3 heteroatoms. The van der Waals surface area contributed by atoms with Crippen LogP contribution >= 0.6 is 23.2 Å². The molecule has 0 bridgehead atoms. The van der Waals surface area contributed by atoms with Crippen LogP contribution < -0.4 is 0 Å². The van der Waals surface area contributed by atoms with Crippen molar-refractivity contribution in [3.8, 4) is 0 Å². The van der Waals surface area contributed by atoms with Gasteiger partial charge in [0.1, 0.15) is 0 Å². The van der Waals surface area contributed by atoms with Crippen LogP contribution in [0.25, 0.3) is 0 Å². The number of rotatable bonds is 1. The van der Waals surface area contributed by atoms with Gasteiger partial charge in [0.05, 0.1) is 16.7 Å². The van der Waals surface area contributed by atoms with Crippen molar-refractivity contribution in [2.24, 2.45) is 0 Å². The van der Waals surface area contributed by atoms with E-state index in [0.29, 0.717) is 16.0 Å². The van der Waals surface area contributed by atoms with Gasteiger partial charge in [-0.1, -0.05) is 29.3 Å². The lowest BCUT2D eigenvalue weighted by Gasteiger charge is -2.22.